The number of amides is 4. The van der Waals surface area contributed by atoms with Crippen molar-refractivity contribution < 1.29 is 37.5 Å². The lowest BCUT2D eigenvalue weighted by molar-refractivity contribution is -0.137. The SMILES string of the molecule is Cn1cnnc1[C@H](O)c1cccc(-n2cc3c(C(F)(F)F)cc(CN4CCN(C(=O)CN5CCC(CN6CCN(c7ccc8c(c7)CN([C@H]7CCC(=O)NC7=O)C8=O)CC6)CC5)CC4)cn3c2=O)c1. The molecular weight excluding hydrogens is 898 g/mol. The highest BCUT2D eigenvalue weighted by atomic mass is 19.4. The van der Waals surface area contributed by atoms with Gasteiger partial charge in [-0.3, -0.25) is 48.2 Å². The molecule has 0 unspecified atom stereocenters. The van der Waals surface area contributed by atoms with Gasteiger partial charge in [0.25, 0.3) is 5.91 Å². The Morgan fingerprint density at radius 1 is 0.855 bits per heavy atom. The molecule has 0 spiro atoms. The first-order valence-electron chi connectivity index (χ1n) is 23.6. The maximum Gasteiger partial charge on any atom is 0.418 e. The number of aromatic nitrogens is 5. The van der Waals surface area contributed by atoms with Crippen molar-refractivity contribution in [1.29, 1.82) is 0 Å². The van der Waals surface area contributed by atoms with Crippen LogP contribution in [0.15, 0.2) is 72.0 Å². The van der Waals surface area contributed by atoms with Gasteiger partial charge in [-0.15, -0.1) is 10.2 Å². The van der Waals surface area contributed by atoms with Crippen molar-refractivity contribution in [2.75, 3.05) is 83.4 Å². The van der Waals surface area contributed by atoms with Crippen molar-refractivity contribution in [2.24, 2.45) is 13.0 Å². The van der Waals surface area contributed by atoms with Crippen LogP contribution in [0.25, 0.3) is 11.2 Å². The molecule has 3 aromatic heterocycles. The number of halogens is 3. The number of carbonyl (C=O) groups excluding carboxylic acids is 4. The van der Waals surface area contributed by atoms with E-state index < -0.39 is 35.5 Å². The molecule has 0 saturated carbocycles. The van der Waals surface area contributed by atoms with Crippen molar-refractivity contribution in [3.63, 3.8) is 0 Å². The van der Waals surface area contributed by atoms with E-state index in [-0.39, 0.29) is 47.7 Å². The second-order valence-electron chi connectivity index (χ2n) is 19.0. The number of alkyl halides is 3. The van der Waals surface area contributed by atoms with Crippen LogP contribution in [-0.2, 0) is 40.7 Å². The van der Waals surface area contributed by atoms with Crippen molar-refractivity contribution in [3.05, 3.63) is 111 Å². The number of imide groups is 1. The Morgan fingerprint density at radius 3 is 2.32 bits per heavy atom. The minimum atomic E-state index is -4.73. The molecule has 8 heterocycles. The highest BCUT2D eigenvalue weighted by molar-refractivity contribution is 6.05. The summed E-state index contributed by atoms with van der Waals surface area (Å²) in [5.41, 5.74) is 1.67. The molecule has 0 bridgehead atoms. The van der Waals surface area contributed by atoms with E-state index in [4.69, 9.17) is 0 Å². The van der Waals surface area contributed by atoms with Crippen LogP contribution in [0.2, 0.25) is 0 Å². The first kappa shape index (κ1) is 46.3. The Labute approximate surface area is 395 Å². The van der Waals surface area contributed by atoms with Crippen molar-refractivity contribution >= 4 is 34.8 Å². The highest BCUT2D eigenvalue weighted by Crippen LogP contribution is 2.35. The van der Waals surface area contributed by atoms with E-state index in [2.05, 4.69) is 36.3 Å². The molecule has 0 aliphatic carbocycles. The zero-order chi connectivity index (χ0) is 48.1. The third kappa shape index (κ3) is 9.51. The fourth-order valence-electron chi connectivity index (χ4n) is 10.6. The summed E-state index contributed by atoms with van der Waals surface area (Å²) in [6.45, 7) is 8.94. The van der Waals surface area contributed by atoms with Gasteiger partial charge < -0.3 is 24.4 Å². The summed E-state index contributed by atoms with van der Waals surface area (Å²) in [6, 6.07) is 12.7. The first-order chi connectivity index (χ1) is 33.2. The number of nitrogens with one attached hydrogen (secondary N) is 1. The van der Waals surface area contributed by atoms with Crippen molar-refractivity contribution in [3.8, 4) is 5.69 Å². The maximum atomic E-state index is 14.6. The number of rotatable bonds is 11. The Hall–Kier alpha value is -6.42. The summed E-state index contributed by atoms with van der Waals surface area (Å²) >= 11 is 0. The largest absolute Gasteiger partial charge is 0.418 e. The molecule has 5 aliphatic heterocycles. The molecule has 364 valence electrons. The number of piperidine rings is 2. The summed E-state index contributed by atoms with van der Waals surface area (Å²) in [7, 11) is 1.68. The van der Waals surface area contributed by atoms with Gasteiger partial charge >= 0.3 is 11.9 Å². The van der Waals surface area contributed by atoms with Crippen LogP contribution in [0.4, 0.5) is 18.9 Å². The fourth-order valence-corrected chi connectivity index (χ4v) is 10.6. The van der Waals surface area contributed by atoms with E-state index in [1.54, 1.807) is 34.7 Å². The van der Waals surface area contributed by atoms with Gasteiger partial charge in [-0.25, -0.2) is 4.79 Å². The molecule has 69 heavy (non-hydrogen) atoms. The number of carbonyl (C=O) groups is 4. The van der Waals surface area contributed by atoms with Gasteiger partial charge in [-0.1, -0.05) is 12.1 Å². The van der Waals surface area contributed by atoms with Crippen LogP contribution in [0, 0.1) is 5.92 Å². The van der Waals surface area contributed by atoms with E-state index in [0.29, 0.717) is 68.3 Å². The van der Waals surface area contributed by atoms with Gasteiger partial charge in [0, 0.05) is 109 Å². The molecule has 4 saturated heterocycles. The topological polar surface area (TPSA) is 177 Å². The summed E-state index contributed by atoms with van der Waals surface area (Å²) in [5, 5.41) is 21.0. The van der Waals surface area contributed by atoms with Crippen molar-refractivity contribution in [1.82, 2.24) is 53.5 Å². The summed E-state index contributed by atoms with van der Waals surface area (Å²) < 4.78 is 47.4. The number of pyridine rings is 1. The lowest BCUT2D eigenvalue weighted by Crippen LogP contribution is -2.52. The number of nitrogens with zero attached hydrogens (tertiary/aromatic N) is 11. The molecule has 5 aromatic rings. The van der Waals surface area contributed by atoms with E-state index >= 15 is 0 Å². The zero-order valence-electron chi connectivity index (χ0n) is 38.4. The summed E-state index contributed by atoms with van der Waals surface area (Å²) in [6.07, 6.45) is 0.713. The zero-order valence-corrected chi connectivity index (χ0v) is 38.4. The number of likely N-dealkylation sites (tertiary alicyclic amines) is 1. The fraction of sp³-hybridized carbons (Fsp3) is 0.479. The summed E-state index contributed by atoms with van der Waals surface area (Å²) in [4.78, 5) is 77.0. The van der Waals surface area contributed by atoms with Crippen LogP contribution in [0.5, 0.6) is 0 Å². The molecule has 0 radical (unpaired) electrons. The standard InChI is InChI=1S/C48H55F3N12O6/c1-55-30-52-54-44(55)43(66)33-3-2-4-36(22-33)61-28-40-38(48(49,50)51)21-32(26-63(40)47(61)69)25-58-15-19-60(20-16-58)42(65)29-56-11-9-31(10-12-56)24-57-13-17-59(18-14-57)35-5-6-37-34(23-35)27-62(46(37)68)39-7-8-41(64)53-45(39)67/h2-6,21-23,26,28,30-31,39,43,66H,7-20,24-25,27,29H2,1H3,(H,53,64,67)/t39-,43+/m0/s1. The number of fused-ring (bicyclic) bond motifs is 2. The lowest BCUT2D eigenvalue weighted by atomic mass is 9.96. The van der Waals surface area contributed by atoms with Gasteiger partial charge in [0.2, 0.25) is 17.7 Å². The number of piperazine rings is 2. The molecule has 18 nitrogen and oxygen atoms in total. The van der Waals surface area contributed by atoms with Crippen molar-refractivity contribution in [2.45, 2.75) is 57.1 Å². The summed E-state index contributed by atoms with van der Waals surface area (Å²) in [5.74, 6) is -0.0379. The molecule has 2 N–H and O–H groups in total. The average molecular weight is 953 g/mol. The molecule has 10 rings (SSSR count). The van der Waals surface area contributed by atoms with Gasteiger partial charge in [0.1, 0.15) is 18.5 Å². The Morgan fingerprint density at radius 2 is 1.61 bits per heavy atom. The maximum absolute atomic E-state index is 14.6. The van der Waals surface area contributed by atoms with E-state index in [1.807, 2.05) is 21.9 Å². The number of benzene rings is 2. The molecule has 2 aromatic carbocycles. The second kappa shape index (κ2) is 18.8. The van der Waals surface area contributed by atoms with E-state index in [9.17, 15) is 42.3 Å². The van der Waals surface area contributed by atoms with Gasteiger partial charge in [-0.2, -0.15) is 13.2 Å². The van der Waals surface area contributed by atoms with Gasteiger partial charge in [-0.05, 0) is 91.4 Å². The third-order valence-electron chi connectivity index (χ3n) is 14.5. The minimum absolute atomic E-state index is 0.0469. The van der Waals surface area contributed by atoms with Crippen LogP contribution in [0.1, 0.15) is 70.2 Å². The number of anilines is 1. The van der Waals surface area contributed by atoms with E-state index in [1.165, 1.54) is 24.8 Å². The Kier molecular flexibility index (Phi) is 12.6. The molecule has 5 aliphatic rings. The molecule has 4 fully saturated rings. The predicted molar refractivity (Wildman–Crippen MR) is 245 cm³/mol. The van der Waals surface area contributed by atoms with Crippen LogP contribution in [0.3, 0.4) is 0 Å². The smallest absolute Gasteiger partial charge is 0.380 e. The molecular formula is C48H55F3N12O6. The molecule has 4 amide bonds. The first-order valence-corrected chi connectivity index (χ1v) is 23.6. The number of aliphatic hydroxyl groups excluding tert-OH is 1. The number of aryl methyl sites for hydroxylation is 1. The number of imidazole rings is 1. The number of hydrogen-bond acceptors (Lipinski definition) is 12. The minimum Gasteiger partial charge on any atom is -0.380 e. The van der Waals surface area contributed by atoms with E-state index in [0.717, 1.165) is 84.9 Å². The number of hydrogen-bond donors (Lipinski definition) is 2. The monoisotopic (exact) mass is 952 g/mol. The molecule has 21 heteroatoms. The van der Waals surface area contributed by atoms with Crippen LogP contribution >= 0.6 is 0 Å². The predicted octanol–water partition coefficient (Wildman–Crippen LogP) is 2.26. The van der Waals surface area contributed by atoms with Crippen LogP contribution in [-0.4, -0.2) is 162 Å². The second-order valence-corrected chi connectivity index (χ2v) is 19.0. The quantitative estimate of drug-likeness (QED) is 0.185. The van der Waals surface area contributed by atoms with Crippen LogP contribution < -0.4 is 15.9 Å². The molecule has 2 atom stereocenters. The Balaban J connectivity index is 0.680. The normalized spacial score (nSPS) is 20.8. The number of aliphatic hydroxyl groups is 1. The third-order valence-corrected chi connectivity index (χ3v) is 14.5. The lowest BCUT2D eigenvalue weighted by Gasteiger charge is -2.40. The Bertz CT molecular complexity index is 2840. The van der Waals surface area contributed by atoms with Gasteiger partial charge in [0.15, 0.2) is 5.82 Å². The average Bonchev–Trinajstić information content (AvgIpc) is 4.03. The van der Waals surface area contributed by atoms with Gasteiger partial charge in [0.05, 0.1) is 23.3 Å². The highest BCUT2D eigenvalue weighted by Gasteiger charge is 2.40.